The fourth-order valence-electron chi connectivity index (χ4n) is 2.90. The lowest BCUT2D eigenvalue weighted by molar-refractivity contribution is -0.131. The molecule has 1 aliphatic rings. The summed E-state index contributed by atoms with van der Waals surface area (Å²) >= 11 is 1.52. The quantitative estimate of drug-likeness (QED) is 0.881. The molecule has 1 aromatic carbocycles. The van der Waals surface area contributed by atoms with Gasteiger partial charge in [0.25, 0.3) is 5.91 Å². The number of aromatic nitrogens is 1. The predicted molar refractivity (Wildman–Crippen MR) is 89.2 cm³/mol. The second-order valence-corrected chi connectivity index (χ2v) is 7.30. The van der Waals surface area contributed by atoms with Gasteiger partial charge >= 0.3 is 6.03 Å². The number of benzene rings is 1. The molecule has 0 saturated carbocycles. The molecule has 120 valence electrons. The van der Waals surface area contributed by atoms with Gasteiger partial charge in [-0.05, 0) is 38.8 Å². The van der Waals surface area contributed by atoms with Crippen molar-refractivity contribution in [2.45, 2.75) is 39.8 Å². The van der Waals surface area contributed by atoms with Gasteiger partial charge in [0.1, 0.15) is 10.5 Å². The first-order valence-electron chi connectivity index (χ1n) is 7.46. The summed E-state index contributed by atoms with van der Waals surface area (Å²) in [4.78, 5) is 32.0. The summed E-state index contributed by atoms with van der Waals surface area (Å²) in [6.45, 7) is 7.83. The van der Waals surface area contributed by atoms with Crippen molar-refractivity contribution in [3.05, 3.63) is 51.0 Å². The van der Waals surface area contributed by atoms with E-state index in [1.165, 1.54) is 16.2 Å². The lowest BCUT2D eigenvalue weighted by Crippen LogP contribution is -2.41. The number of aryl methyl sites for hydroxylation is 3. The van der Waals surface area contributed by atoms with Crippen LogP contribution in [0.5, 0.6) is 0 Å². The third-order valence-corrected chi connectivity index (χ3v) is 5.38. The molecule has 1 saturated heterocycles. The topological polar surface area (TPSA) is 62.3 Å². The minimum atomic E-state index is -1.02. The first-order chi connectivity index (χ1) is 10.8. The third-order valence-electron chi connectivity index (χ3n) is 4.32. The lowest BCUT2D eigenvalue weighted by atomic mass is 9.88. The van der Waals surface area contributed by atoms with Crippen molar-refractivity contribution in [2.75, 3.05) is 0 Å². The Morgan fingerprint density at radius 3 is 2.52 bits per heavy atom. The molecule has 1 atom stereocenters. The van der Waals surface area contributed by atoms with Crippen molar-refractivity contribution in [1.82, 2.24) is 15.2 Å². The molecule has 0 aliphatic carbocycles. The number of thiazole rings is 1. The van der Waals surface area contributed by atoms with E-state index < -0.39 is 5.54 Å². The van der Waals surface area contributed by atoms with E-state index >= 15 is 0 Å². The van der Waals surface area contributed by atoms with Gasteiger partial charge in [0.05, 0.1) is 12.2 Å². The van der Waals surface area contributed by atoms with Crippen LogP contribution in [0.4, 0.5) is 4.79 Å². The largest absolute Gasteiger partial charge is 0.325 e. The van der Waals surface area contributed by atoms with Crippen molar-refractivity contribution in [1.29, 1.82) is 0 Å². The zero-order valence-electron chi connectivity index (χ0n) is 13.6. The van der Waals surface area contributed by atoms with Gasteiger partial charge in [0.15, 0.2) is 0 Å². The number of rotatable bonds is 3. The first-order valence-corrected chi connectivity index (χ1v) is 8.27. The second kappa shape index (κ2) is 5.45. The molecule has 23 heavy (non-hydrogen) atoms. The van der Waals surface area contributed by atoms with E-state index in [0.29, 0.717) is 0 Å². The molecule has 2 heterocycles. The molecule has 1 aliphatic heterocycles. The standard InChI is InChI=1S/C17H19N3O2S/c1-10-7-5-6-8-13(10)17(4)15(21)20(16(22)19-17)9-14-18-11(2)12(3)23-14/h5-8H,9H2,1-4H3,(H,19,22)/t17-/m1/s1. The van der Waals surface area contributed by atoms with E-state index in [2.05, 4.69) is 10.3 Å². The van der Waals surface area contributed by atoms with Gasteiger partial charge in [0.2, 0.25) is 0 Å². The molecule has 2 aromatic rings. The van der Waals surface area contributed by atoms with Crippen LogP contribution in [-0.4, -0.2) is 21.8 Å². The third kappa shape index (κ3) is 2.53. The van der Waals surface area contributed by atoms with Crippen molar-refractivity contribution in [3.63, 3.8) is 0 Å². The SMILES string of the molecule is Cc1ccccc1[C@@]1(C)NC(=O)N(Cc2nc(C)c(C)s2)C1=O. The van der Waals surface area contributed by atoms with Gasteiger partial charge in [-0.1, -0.05) is 24.3 Å². The highest BCUT2D eigenvalue weighted by Gasteiger charge is 2.49. The Balaban J connectivity index is 1.92. The van der Waals surface area contributed by atoms with Crippen LogP contribution >= 0.6 is 11.3 Å². The van der Waals surface area contributed by atoms with Crippen LogP contribution in [0.3, 0.4) is 0 Å². The summed E-state index contributed by atoms with van der Waals surface area (Å²) in [7, 11) is 0. The van der Waals surface area contributed by atoms with Crippen LogP contribution in [0.2, 0.25) is 0 Å². The smallest absolute Gasteiger partial charge is 0.319 e. The predicted octanol–water partition coefficient (Wildman–Crippen LogP) is 3.04. The zero-order chi connectivity index (χ0) is 16.8. The van der Waals surface area contributed by atoms with Crippen molar-refractivity contribution >= 4 is 23.3 Å². The molecule has 0 spiro atoms. The Labute approximate surface area is 139 Å². The van der Waals surface area contributed by atoms with E-state index in [0.717, 1.165) is 26.7 Å². The minimum Gasteiger partial charge on any atom is -0.319 e. The molecule has 1 N–H and O–H groups in total. The number of urea groups is 1. The molecule has 0 unspecified atom stereocenters. The van der Waals surface area contributed by atoms with Gasteiger partial charge in [-0.2, -0.15) is 0 Å². The number of hydrogen-bond donors (Lipinski definition) is 1. The summed E-state index contributed by atoms with van der Waals surface area (Å²) in [6.07, 6.45) is 0. The van der Waals surface area contributed by atoms with E-state index in [1.54, 1.807) is 6.92 Å². The normalized spacial score (nSPS) is 21.0. The maximum atomic E-state index is 12.9. The second-order valence-electron chi connectivity index (χ2n) is 6.01. The molecule has 3 rings (SSSR count). The maximum absolute atomic E-state index is 12.9. The van der Waals surface area contributed by atoms with Crippen LogP contribution in [0.15, 0.2) is 24.3 Å². The van der Waals surface area contributed by atoms with E-state index in [9.17, 15) is 9.59 Å². The Morgan fingerprint density at radius 1 is 1.22 bits per heavy atom. The van der Waals surface area contributed by atoms with Crippen LogP contribution < -0.4 is 5.32 Å². The van der Waals surface area contributed by atoms with Crippen LogP contribution in [0.1, 0.15) is 33.6 Å². The number of imide groups is 1. The minimum absolute atomic E-state index is 0.214. The zero-order valence-corrected chi connectivity index (χ0v) is 14.5. The number of carbonyl (C=O) groups excluding carboxylic acids is 2. The van der Waals surface area contributed by atoms with Crippen LogP contribution in [-0.2, 0) is 16.9 Å². The number of carbonyl (C=O) groups is 2. The average molecular weight is 329 g/mol. The Hall–Kier alpha value is -2.21. The van der Waals surface area contributed by atoms with Crippen molar-refractivity contribution in [2.24, 2.45) is 0 Å². The molecule has 1 fully saturated rings. The molecular weight excluding hydrogens is 310 g/mol. The molecule has 3 amide bonds. The Morgan fingerprint density at radius 2 is 1.91 bits per heavy atom. The van der Waals surface area contributed by atoms with E-state index in [1.807, 2.05) is 45.0 Å². The molecule has 0 radical (unpaired) electrons. The van der Waals surface area contributed by atoms with Gasteiger partial charge in [0, 0.05) is 4.88 Å². The monoisotopic (exact) mass is 329 g/mol. The average Bonchev–Trinajstić information content (AvgIpc) is 2.92. The summed E-state index contributed by atoms with van der Waals surface area (Å²) in [5, 5.41) is 3.62. The first kappa shape index (κ1) is 15.7. The van der Waals surface area contributed by atoms with Crippen LogP contribution in [0.25, 0.3) is 0 Å². The molecule has 5 nitrogen and oxygen atoms in total. The van der Waals surface area contributed by atoms with E-state index in [-0.39, 0.29) is 18.5 Å². The molecule has 6 heteroatoms. The summed E-state index contributed by atoms with van der Waals surface area (Å²) in [6, 6.07) is 7.25. The van der Waals surface area contributed by atoms with Gasteiger partial charge < -0.3 is 5.32 Å². The van der Waals surface area contributed by atoms with Crippen molar-refractivity contribution < 1.29 is 9.59 Å². The van der Waals surface area contributed by atoms with Gasteiger partial charge in [-0.15, -0.1) is 11.3 Å². The maximum Gasteiger partial charge on any atom is 0.325 e. The fourth-order valence-corrected chi connectivity index (χ4v) is 3.82. The van der Waals surface area contributed by atoms with Crippen LogP contribution in [0, 0.1) is 20.8 Å². The molecule has 1 aromatic heterocycles. The number of amides is 3. The van der Waals surface area contributed by atoms with Gasteiger partial charge in [-0.3, -0.25) is 9.69 Å². The highest BCUT2D eigenvalue weighted by molar-refractivity contribution is 7.11. The number of nitrogens with one attached hydrogen (secondary N) is 1. The summed E-state index contributed by atoms with van der Waals surface area (Å²) in [5.41, 5.74) is 1.72. The Bertz CT molecular complexity index is 779. The number of hydrogen-bond acceptors (Lipinski definition) is 4. The number of nitrogens with zero attached hydrogens (tertiary/aromatic N) is 2. The highest BCUT2D eigenvalue weighted by atomic mass is 32.1. The molecule has 0 bridgehead atoms. The summed E-state index contributed by atoms with van der Waals surface area (Å²) in [5.74, 6) is -0.234. The van der Waals surface area contributed by atoms with E-state index in [4.69, 9.17) is 0 Å². The highest BCUT2D eigenvalue weighted by Crippen LogP contribution is 2.32. The summed E-state index contributed by atoms with van der Waals surface area (Å²) < 4.78 is 0. The lowest BCUT2D eigenvalue weighted by Gasteiger charge is -2.24. The fraction of sp³-hybridized carbons (Fsp3) is 0.353. The molecular formula is C17H19N3O2S. The van der Waals surface area contributed by atoms with Crippen molar-refractivity contribution in [3.8, 4) is 0 Å². The Kier molecular flexibility index (Phi) is 3.72. The van der Waals surface area contributed by atoms with Gasteiger partial charge in [-0.25, -0.2) is 9.78 Å².